The number of hydrogen-bond donors (Lipinski definition) is 0. The van der Waals surface area contributed by atoms with Gasteiger partial charge in [0.25, 0.3) is 0 Å². The van der Waals surface area contributed by atoms with E-state index < -0.39 is 17.7 Å². The van der Waals surface area contributed by atoms with E-state index in [4.69, 9.17) is 0 Å². The van der Waals surface area contributed by atoms with Crippen molar-refractivity contribution < 1.29 is 18.0 Å². The van der Waals surface area contributed by atoms with E-state index in [-0.39, 0.29) is 5.78 Å². The molecule has 16 heavy (non-hydrogen) atoms. The van der Waals surface area contributed by atoms with Crippen LogP contribution in [0.4, 0.5) is 13.2 Å². The molecular weight excluding hydrogens is 219 g/mol. The van der Waals surface area contributed by atoms with Gasteiger partial charge in [0, 0.05) is 6.20 Å². The van der Waals surface area contributed by atoms with Gasteiger partial charge in [-0.2, -0.15) is 13.2 Å². The number of alkyl halides is 3. The summed E-state index contributed by atoms with van der Waals surface area (Å²) in [6.07, 6.45) is -3.09. The summed E-state index contributed by atoms with van der Waals surface area (Å²) < 4.78 is 36.8. The van der Waals surface area contributed by atoms with Crippen molar-refractivity contribution in [1.82, 2.24) is 4.98 Å². The summed E-state index contributed by atoms with van der Waals surface area (Å²) in [6, 6.07) is 2.21. The van der Waals surface area contributed by atoms with Crippen molar-refractivity contribution in [3.63, 3.8) is 0 Å². The molecule has 0 aromatic carbocycles. The normalized spacial score (nSPS) is 13.6. The van der Waals surface area contributed by atoms with Gasteiger partial charge in [-0.25, -0.2) is 0 Å². The molecule has 0 amide bonds. The number of nitrogens with zero attached hydrogens (tertiary/aromatic N) is 1. The number of aromatic nitrogens is 1. The molecule has 0 saturated heterocycles. The molecule has 0 aliphatic carbocycles. The van der Waals surface area contributed by atoms with Crippen molar-refractivity contribution in [2.24, 2.45) is 0 Å². The summed E-state index contributed by atoms with van der Waals surface area (Å²) in [7, 11) is 0. The molecule has 0 bridgehead atoms. The Balaban J connectivity index is 2.98. The lowest BCUT2D eigenvalue weighted by atomic mass is 9.97. The lowest BCUT2D eigenvalue weighted by molar-refractivity contribution is -0.137. The fourth-order valence-corrected chi connectivity index (χ4v) is 1.48. The molecule has 0 spiro atoms. The second-order valence-electron chi connectivity index (χ2n) is 3.54. The zero-order valence-electron chi connectivity index (χ0n) is 9.01. The Morgan fingerprint density at radius 1 is 1.44 bits per heavy atom. The van der Waals surface area contributed by atoms with Crippen LogP contribution in [0.1, 0.15) is 37.4 Å². The topological polar surface area (TPSA) is 30.0 Å². The van der Waals surface area contributed by atoms with Crippen LogP contribution in [0.3, 0.4) is 0 Å². The molecule has 5 heteroatoms. The predicted molar refractivity (Wildman–Crippen MR) is 53.0 cm³/mol. The first-order valence-corrected chi connectivity index (χ1v) is 4.89. The van der Waals surface area contributed by atoms with E-state index in [9.17, 15) is 18.0 Å². The summed E-state index contributed by atoms with van der Waals surface area (Å²) in [5.74, 6) is -0.503. The van der Waals surface area contributed by atoms with Gasteiger partial charge in [0.2, 0.25) is 0 Å². The molecule has 1 unspecified atom stereocenters. The number of pyridine rings is 1. The van der Waals surface area contributed by atoms with Crippen LogP contribution in [0.15, 0.2) is 18.3 Å². The van der Waals surface area contributed by atoms with Crippen LogP contribution in [0.2, 0.25) is 0 Å². The monoisotopic (exact) mass is 231 g/mol. The molecule has 0 N–H and O–H groups in total. The number of carbonyl (C=O) groups excluding carboxylic acids is 1. The van der Waals surface area contributed by atoms with Crippen molar-refractivity contribution in [1.29, 1.82) is 0 Å². The minimum Gasteiger partial charge on any atom is -0.299 e. The molecule has 0 aliphatic rings. The predicted octanol–water partition coefficient (Wildman–Crippen LogP) is 3.18. The number of rotatable bonds is 3. The summed E-state index contributed by atoms with van der Waals surface area (Å²) in [6.45, 7) is 3.21. The minimum atomic E-state index is -4.39. The maximum Gasteiger partial charge on any atom is 0.417 e. The van der Waals surface area contributed by atoms with Crippen molar-refractivity contribution in [3.05, 3.63) is 29.6 Å². The van der Waals surface area contributed by atoms with Crippen LogP contribution in [0, 0.1) is 0 Å². The van der Waals surface area contributed by atoms with E-state index in [1.807, 2.05) is 0 Å². The molecule has 1 rings (SSSR count). The van der Waals surface area contributed by atoms with Gasteiger partial charge in [0.15, 0.2) is 0 Å². The number of ketones is 1. The van der Waals surface area contributed by atoms with Crippen LogP contribution >= 0.6 is 0 Å². The first-order chi connectivity index (χ1) is 7.36. The smallest absolute Gasteiger partial charge is 0.299 e. The fourth-order valence-electron chi connectivity index (χ4n) is 1.48. The van der Waals surface area contributed by atoms with Gasteiger partial charge in [0.05, 0.1) is 17.2 Å². The van der Waals surface area contributed by atoms with E-state index >= 15 is 0 Å². The molecular formula is C11H12F3NO. The van der Waals surface area contributed by atoms with Crippen molar-refractivity contribution in [2.75, 3.05) is 0 Å². The highest BCUT2D eigenvalue weighted by Crippen LogP contribution is 2.29. The maximum absolute atomic E-state index is 12.3. The number of Topliss-reactive ketones (excluding diaryl/α,β-unsaturated/α-hetero) is 1. The van der Waals surface area contributed by atoms with Crippen LogP contribution < -0.4 is 0 Å². The second-order valence-corrected chi connectivity index (χ2v) is 3.54. The molecule has 0 fully saturated rings. The second kappa shape index (κ2) is 4.63. The van der Waals surface area contributed by atoms with Crippen molar-refractivity contribution in [3.8, 4) is 0 Å². The highest BCUT2D eigenvalue weighted by molar-refractivity contribution is 5.82. The molecule has 0 radical (unpaired) electrons. The zero-order valence-corrected chi connectivity index (χ0v) is 9.01. The van der Waals surface area contributed by atoms with Crippen molar-refractivity contribution in [2.45, 2.75) is 32.4 Å². The molecule has 1 aromatic rings. The number of carbonyl (C=O) groups is 1. The van der Waals surface area contributed by atoms with Gasteiger partial charge in [-0.1, -0.05) is 6.92 Å². The third-order valence-electron chi connectivity index (χ3n) is 2.37. The first-order valence-electron chi connectivity index (χ1n) is 4.89. The Morgan fingerprint density at radius 2 is 2.06 bits per heavy atom. The fraction of sp³-hybridized carbons (Fsp3) is 0.455. The maximum atomic E-state index is 12.3. The average molecular weight is 231 g/mol. The summed E-state index contributed by atoms with van der Waals surface area (Å²) >= 11 is 0. The standard InChI is InChI=1S/C11H12F3NO/c1-3-9(7(2)16)10-5-4-8(6-15-10)11(12,13)14/h4-6,9H,3H2,1-2H3. The summed E-state index contributed by atoms with van der Waals surface area (Å²) in [5.41, 5.74) is -0.405. The van der Waals surface area contributed by atoms with Gasteiger partial charge in [-0.05, 0) is 25.5 Å². The molecule has 1 atom stereocenters. The van der Waals surface area contributed by atoms with E-state index in [1.54, 1.807) is 6.92 Å². The lowest BCUT2D eigenvalue weighted by Gasteiger charge is -2.12. The van der Waals surface area contributed by atoms with Gasteiger partial charge < -0.3 is 0 Å². The SMILES string of the molecule is CCC(C(C)=O)c1ccc(C(F)(F)F)cn1. The van der Waals surface area contributed by atoms with Gasteiger partial charge >= 0.3 is 6.18 Å². The molecule has 1 aromatic heterocycles. The van der Waals surface area contributed by atoms with E-state index in [0.29, 0.717) is 12.1 Å². The number of halogens is 3. The third kappa shape index (κ3) is 2.81. The van der Waals surface area contributed by atoms with E-state index in [0.717, 1.165) is 12.3 Å². The molecule has 0 saturated carbocycles. The largest absolute Gasteiger partial charge is 0.417 e. The molecule has 1 heterocycles. The Kier molecular flexibility index (Phi) is 3.67. The lowest BCUT2D eigenvalue weighted by Crippen LogP contribution is -2.11. The summed E-state index contributed by atoms with van der Waals surface area (Å²) in [4.78, 5) is 14.9. The quantitative estimate of drug-likeness (QED) is 0.799. The minimum absolute atomic E-state index is 0.0882. The molecule has 2 nitrogen and oxygen atoms in total. The Morgan fingerprint density at radius 3 is 2.38 bits per heavy atom. The Bertz CT molecular complexity index is 370. The zero-order chi connectivity index (χ0) is 12.3. The van der Waals surface area contributed by atoms with Gasteiger partial charge in [-0.15, -0.1) is 0 Å². The Labute approximate surface area is 91.5 Å². The van der Waals surface area contributed by atoms with Gasteiger partial charge in [-0.3, -0.25) is 9.78 Å². The molecule has 0 aliphatic heterocycles. The average Bonchev–Trinajstić information content (AvgIpc) is 2.17. The van der Waals surface area contributed by atoms with Crippen LogP contribution in [0.25, 0.3) is 0 Å². The number of hydrogen-bond acceptors (Lipinski definition) is 2. The Hall–Kier alpha value is -1.39. The summed E-state index contributed by atoms with van der Waals surface area (Å²) in [5, 5.41) is 0. The van der Waals surface area contributed by atoms with Crippen molar-refractivity contribution >= 4 is 5.78 Å². The van der Waals surface area contributed by atoms with Gasteiger partial charge in [0.1, 0.15) is 5.78 Å². The first kappa shape index (κ1) is 12.7. The van der Waals surface area contributed by atoms with Crippen LogP contribution in [0.5, 0.6) is 0 Å². The van der Waals surface area contributed by atoms with Crippen LogP contribution in [-0.2, 0) is 11.0 Å². The van der Waals surface area contributed by atoms with E-state index in [2.05, 4.69) is 4.98 Å². The van der Waals surface area contributed by atoms with E-state index in [1.165, 1.54) is 13.0 Å². The highest BCUT2D eigenvalue weighted by atomic mass is 19.4. The highest BCUT2D eigenvalue weighted by Gasteiger charge is 2.31. The molecule has 88 valence electrons. The third-order valence-corrected chi connectivity index (χ3v) is 2.37. The van der Waals surface area contributed by atoms with Crippen LogP contribution in [-0.4, -0.2) is 10.8 Å².